The summed E-state index contributed by atoms with van der Waals surface area (Å²) in [5, 5.41) is 8.63. The number of hydrogen-bond acceptors (Lipinski definition) is 1. The first kappa shape index (κ1) is 11.5. The number of rotatable bonds is 1. The van der Waals surface area contributed by atoms with Gasteiger partial charge in [-0.2, -0.15) is 18.4 Å². The summed E-state index contributed by atoms with van der Waals surface area (Å²) in [6.07, 6.45) is -5.05. The third-order valence-corrected chi connectivity index (χ3v) is 2.43. The van der Waals surface area contributed by atoms with E-state index < -0.39 is 24.1 Å². The Labute approximate surface area is 93.5 Å². The van der Waals surface area contributed by atoms with Crippen LogP contribution in [0.15, 0.2) is 18.2 Å². The van der Waals surface area contributed by atoms with E-state index >= 15 is 0 Å². The van der Waals surface area contributed by atoms with Crippen LogP contribution in [0, 0.1) is 17.1 Å². The number of fused-ring (bicyclic) bond motifs is 1. The number of alkyl halides is 3. The highest BCUT2D eigenvalue weighted by Gasteiger charge is 2.36. The van der Waals surface area contributed by atoms with E-state index in [0.29, 0.717) is 0 Å². The van der Waals surface area contributed by atoms with Crippen LogP contribution in [0.5, 0.6) is 0 Å². The van der Waals surface area contributed by atoms with Crippen LogP contribution in [0.25, 0.3) is 10.9 Å². The standard InChI is InChI=1S/C11H6F4N2/c12-8-3-1-2-6-7(4-5-16)10(11(13,14)15)17-9(6)8/h1-3,17H,4H2. The molecule has 0 spiro atoms. The van der Waals surface area contributed by atoms with Gasteiger partial charge in [-0.1, -0.05) is 12.1 Å². The van der Waals surface area contributed by atoms with E-state index in [1.807, 2.05) is 4.98 Å². The Balaban J connectivity index is 2.81. The van der Waals surface area contributed by atoms with Gasteiger partial charge in [0.15, 0.2) is 0 Å². The normalized spacial score (nSPS) is 11.7. The van der Waals surface area contributed by atoms with Crippen LogP contribution in [-0.4, -0.2) is 4.98 Å². The molecule has 0 radical (unpaired) electrons. The minimum atomic E-state index is -4.63. The Hall–Kier alpha value is -2.03. The van der Waals surface area contributed by atoms with Crippen LogP contribution in [0.1, 0.15) is 11.3 Å². The van der Waals surface area contributed by atoms with Crippen LogP contribution in [-0.2, 0) is 12.6 Å². The molecule has 0 atom stereocenters. The summed E-state index contributed by atoms with van der Waals surface area (Å²) in [4.78, 5) is 2.01. The molecule has 1 aromatic carbocycles. The molecule has 0 aliphatic heterocycles. The van der Waals surface area contributed by atoms with Crippen molar-refractivity contribution in [3.8, 4) is 6.07 Å². The highest BCUT2D eigenvalue weighted by atomic mass is 19.4. The lowest BCUT2D eigenvalue weighted by Crippen LogP contribution is -2.08. The van der Waals surface area contributed by atoms with E-state index in [-0.39, 0.29) is 16.5 Å². The fourth-order valence-electron chi connectivity index (χ4n) is 1.74. The monoisotopic (exact) mass is 242 g/mol. The largest absolute Gasteiger partial charge is 0.431 e. The van der Waals surface area contributed by atoms with Crippen molar-refractivity contribution in [2.75, 3.05) is 0 Å². The van der Waals surface area contributed by atoms with Gasteiger partial charge in [-0.15, -0.1) is 0 Å². The number of aromatic nitrogens is 1. The smallest absolute Gasteiger partial charge is 0.348 e. The number of halogens is 4. The molecule has 0 aliphatic carbocycles. The zero-order valence-electron chi connectivity index (χ0n) is 8.40. The van der Waals surface area contributed by atoms with Crippen LogP contribution >= 0.6 is 0 Å². The highest BCUT2D eigenvalue weighted by molar-refractivity contribution is 5.85. The zero-order chi connectivity index (χ0) is 12.6. The second kappa shape index (κ2) is 3.77. The third kappa shape index (κ3) is 1.84. The Morgan fingerprint density at radius 1 is 1.29 bits per heavy atom. The first-order valence-electron chi connectivity index (χ1n) is 4.68. The maximum atomic E-state index is 13.3. The molecule has 1 N–H and O–H groups in total. The van der Waals surface area contributed by atoms with Crippen molar-refractivity contribution in [2.45, 2.75) is 12.6 Å². The molecule has 0 unspecified atom stereocenters. The van der Waals surface area contributed by atoms with Crippen LogP contribution < -0.4 is 0 Å². The molecule has 2 nitrogen and oxygen atoms in total. The van der Waals surface area contributed by atoms with Gasteiger partial charge in [0.2, 0.25) is 0 Å². The first-order valence-corrected chi connectivity index (χ1v) is 4.68. The third-order valence-electron chi connectivity index (χ3n) is 2.43. The topological polar surface area (TPSA) is 39.6 Å². The maximum absolute atomic E-state index is 13.3. The van der Waals surface area contributed by atoms with Crippen LogP contribution in [0.3, 0.4) is 0 Å². The minimum Gasteiger partial charge on any atom is -0.348 e. The number of para-hydroxylation sites is 1. The summed E-state index contributed by atoms with van der Waals surface area (Å²) in [6.45, 7) is 0. The molecule has 0 saturated carbocycles. The molecule has 6 heteroatoms. The summed E-state index contributed by atoms with van der Waals surface area (Å²) in [7, 11) is 0. The zero-order valence-corrected chi connectivity index (χ0v) is 8.40. The summed E-state index contributed by atoms with van der Waals surface area (Å²) in [5.41, 5.74) is -1.49. The van der Waals surface area contributed by atoms with Crippen molar-refractivity contribution in [2.24, 2.45) is 0 Å². The van der Waals surface area contributed by atoms with Gasteiger partial charge in [-0.3, -0.25) is 0 Å². The van der Waals surface area contributed by atoms with Crippen LogP contribution in [0.4, 0.5) is 17.6 Å². The fourth-order valence-corrected chi connectivity index (χ4v) is 1.74. The van der Waals surface area contributed by atoms with E-state index in [2.05, 4.69) is 0 Å². The molecule has 1 heterocycles. The van der Waals surface area contributed by atoms with Gasteiger partial charge in [0.1, 0.15) is 11.5 Å². The summed E-state index contributed by atoms with van der Waals surface area (Å²) < 4.78 is 51.4. The number of H-pyrrole nitrogens is 1. The molecule has 17 heavy (non-hydrogen) atoms. The molecule has 2 rings (SSSR count). The first-order chi connectivity index (χ1) is 7.95. The number of benzene rings is 1. The maximum Gasteiger partial charge on any atom is 0.431 e. The number of aromatic amines is 1. The molecule has 0 saturated heterocycles. The molecule has 2 aromatic rings. The highest BCUT2D eigenvalue weighted by Crippen LogP contribution is 2.36. The number of nitriles is 1. The van der Waals surface area contributed by atoms with E-state index in [0.717, 1.165) is 6.07 Å². The van der Waals surface area contributed by atoms with E-state index in [1.54, 1.807) is 6.07 Å². The number of nitrogens with zero attached hydrogens (tertiary/aromatic N) is 1. The minimum absolute atomic E-state index is 0.0962. The Bertz CT molecular complexity index is 604. The molecule has 1 aromatic heterocycles. The molecule has 0 fully saturated rings. The lowest BCUT2D eigenvalue weighted by molar-refractivity contribution is -0.141. The van der Waals surface area contributed by atoms with Gasteiger partial charge >= 0.3 is 6.18 Å². The molecule has 0 bridgehead atoms. The van der Waals surface area contributed by atoms with Gasteiger partial charge in [0, 0.05) is 10.9 Å². The Morgan fingerprint density at radius 2 is 2.00 bits per heavy atom. The molecule has 88 valence electrons. The van der Waals surface area contributed by atoms with Crippen molar-refractivity contribution in [3.63, 3.8) is 0 Å². The second-order valence-electron chi connectivity index (χ2n) is 3.47. The van der Waals surface area contributed by atoms with Crippen molar-refractivity contribution in [3.05, 3.63) is 35.3 Å². The molecular weight excluding hydrogens is 236 g/mol. The second-order valence-corrected chi connectivity index (χ2v) is 3.47. The predicted octanol–water partition coefficient (Wildman–Crippen LogP) is 3.39. The van der Waals surface area contributed by atoms with Crippen LogP contribution in [0.2, 0.25) is 0 Å². The lowest BCUT2D eigenvalue weighted by Gasteiger charge is -2.05. The van der Waals surface area contributed by atoms with Gasteiger partial charge in [0.05, 0.1) is 18.0 Å². The predicted molar refractivity (Wildman–Crippen MR) is 52.6 cm³/mol. The number of nitrogens with one attached hydrogen (secondary N) is 1. The molecular formula is C11H6F4N2. The van der Waals surface area contributed by atoms with Gasteiger partial charge < -0.3 is 4.98 Å². The summed E-state index contributed by atoms with van der Waals surface area (Å²) in [5.74, 6) is -0.766. The fraction of sp³-hybridized carbons (Fsp3) is 0.182. The average molecular weight is 242 g/mol. The average Bonchev–Trinajstić information content (AvgIpc) is 2.59. The summed E-state index contributed by atoms with van der Waals surface area (Å²) >= 11 is 0. The van der Waals surface area contributed by atoms with Gasteiger partial charge in [-0.05, 0) is 6.07 Å². The number of hydrogen-bond donors (Lipinski definition) is 1. The molecule has 0 aliphatic rings. The van der Waals surface area contributed by atoms with E-state index in [4.69, 9.17) is 5.26 Å². The SMILES string of the molecule is N#CCc1c(C(F)(F)F)[nH]c2c(F)cccc12. The van der Waals surface area contributed by atoms with Crippen molar-refractivity contribution in [1.29, 1.82) is 5.26 Å². The van der Waals surface area contributed by atoms with Gasteiger partial charge in [0.25, 0.3) is 0 Å². The van der Waals surface area contributed by atoms with Crippen molar-refractivity contribution < 1.29 is 17.6 Å². The Morgan fingerprint density at radius 3 is 2.59 bits per heavy atom. The quantitative estimate of drug-likeness (QED) is 0.765. The van der Waals surface area contributed by atoms with E-state index in [1.165, 1.54) is 12.1 Å². The van der Waals surface area contributed by atoms with E-state index in [9.17, 15) is 17.6 Å². The van der Waals surface area contributed by atoms with Crippen molar-refractivity contribution in [1.82, 2.24) is 4.98 Å². The van der Waals surface area contributed by atoms with Gasteiger partial charge in [-0.25, -0.2) is 4.39 Å². The van der Waals surface area contributed by atoms with Crippen molar-refractivity contribution >= 4 is 10.9 Å². The molecule has 0 amide bonds. The lowest BCUT2D eigenvalue weighted by atomic mass is 10.1. The Kier molecular flexibility index (Phi) is 2.54. The summed E-state index contributed by atoms with van der Waals surface area (Å²) in [6, 6.07) is 5.39.